The molecule has 1 aromatic rings. The van der Waals surface area contributed by atoms with Crippen LogP contribution in [0.3, 0.4) is 0 Å². The zero-order chi connectivity index (χ0) is 19.2. The van der Waals surface area contributed by atoms with E-state index >= 15 is 0 Å². The Hall–Kier alpha value is -0.860. The first-order chi connectivity index (χ1) is 13.3. The molecule has 1 aliphatic heterocycles. The van der Waals surface area contributed by atoms with Crippen LogP contribution in [0.15, 0.2) is 35.3 Å². The van der Waals surface area contributed by atoms with Crippen molar-refractivity contribution in [2.75, 3.05) is 46.1 Å². The van der Waals surface area contributed by atoms with Crippen molar-refractivity contribution in [3.8, 4) is 0 Å². The highest BCUT2D eigenvalue weighted by atomic mass is 127. The lowest BCUT2D eigenvalue weighted by molar-refractivity contribution is 0.0203. The molecule has 0 bridgehead atoms. The van der Waals surface area contributed by atoms with E-state index < -0.39 is 0 Å². The highest BCUT2D eigenvalue weighted by molar-refractivity contribution is 14.0. The molecule has 0 saturated carbocycles. The second kappa shape index (κ2) is 16.0. The zero-order valence-corrected chi connectivity index (χ0v) is 19.8. The number of hydrogen-bond donors (Lipinski definition) is 2. The molecule has 0 radical (unpaired) electrons. The van der Waals surface area contributed by atoms with Crippen LogP contribution >= 0.6 is 24.0 Å². The summed E-state index contributed by atoms with van der Waals surface area (Å²) in [6.07, 6.45) is 4.35. The fraction of sp³-hybridized carbons (Fsp3) is 0.682. The van der Waals surface area contributed by atoms with Gasteiger partial charge in [-0.1, -0.05) is 37.3 Å². The van der Waals surface area contributed by atoms with E-state index in [0.717, 1.165) is 77.7 Å². The average molecular weight is 503 g/mol. The third-order valence-corrected chi connectivity index (χ3v) is 5.03. The van der Waals surface area contributed by atoms with Crippen molar-refractivity contribution in [2.24, 2.45) is 10.9 Å². The Labute approximate surface area is 188 Å². The molecule has 1 aromatic carbocycles. The monoisotopic (exact) mass is 503 g/mol. The lowest BCUT2D eigenvalue weighted by Crippen LogP contribution is -2.38. The van der Waals surface area contributed by atoms with Gasteiger partial charge < -0.3 is 20.1 Å². The molecule has 5 nitrogen and oxygen atoms in total. The highest BCUT2D eigenvalue weighted by Gasteiger charge is 2.13. The van der Waals surface area contributed by atoms with Crippen molar-refractivity contribution in [1.82, 2.24) is 10.6 Å². The van der Waals surface area contributed by atoms with Gasteiger partial charge in [0.15, 0.2) is 5.96 Å². The minimum atomic E-state index is 0. The van der Waals surface area contributed by atoms with Crippen LogP contribution in [0.4, 0.5) is 0 Å². The first-order valence-electron chi connectivity index (χ1n) is 10.6. The molecular weight excluding hydrogens is 465 g/mol. The molecule has 160 valence electrons. The Morgan fingerprint density at radius 1 is 1.18 bits per heavy atom. The molecule has 1 aliphatic rings. The summed E-state index contributed by atoms with van der Waals surface area (Å²) in [7, 11) is 0. The quantitative estimate of drug-likeness (QED) is 0.206. The molecule has 28 heavy (non-hydrogen) atoms. The highest BCUT2D eigenvalue weighted by Crippen LogP contribution is 2.19. The van der Waals surface area contributed by atoms with Crippen LogP contribution in [0.1, 0.15) is 51.0 Å². The van der Waals surface area contributed by atoms with Crippen LogP contribution in [-0.4, -0.2) is 52.0 Å². The molecule has 0 aliphatic carbocycles. The maximum atomic E-state index is 5.83. The Morgan fingerprint density at radius 3 is 2.61 bits per heavy atom. The van der Waals surface area contributed by atoms with Crippen molar-refractivity contribution in [1.29, 1.82) is 0 Å². The number of benzene rings is 1. The van der Waals surface area contributed by atoms with Gasteiger partial charge in [0, 0.05) is 52.0 Å². The van der Waals surface area contributed by atoms with Gasteiger partial charge in [0.05, 0.1) is 0 Å². The van der Waals surface area contributed by atoms with Gasteiger partial charge in [-0.25, -0.2) is 0 Å². The van der Waals surface area contributed by atoms with Crippen molar-refractivity contribution >= 4 is 29.9 Å². The minimum absolute atomic E-state index is 0. The van der Waals surface area contributed by atoms with Gasteiger partial charge in [-0.05, 0) is 44.1 Å². The number of halogens is 1. The first kappa shape index (κ1) is 25.2. The Morgan fingerprint density at radius 2 is 1.93 bits per heavy atom. The third kappa shape index (κ3) is 10.1. The number of nitrogens with zero attached hydrogens (tertiary/aromatic N) is 1. The third-order valence-electron chi connectivity index (χ3n) is 5.03. The smallest absolute Gasteiger partial charge is 0.191 e. The van der Waals surface area contributed by atoms with Crippen LogP contribution in [0.2, 0.25) is 0 Å². The van der Waals surface area contributed by atoms with Crippen LogP contribution in [-0.2, 0) is 9.47 Å². The van der Waals surface area contributed by atoms with Gasteiger partial charge in [-0.3, -0.25) is 4.99 Å². The topological polar surface area (TPSA) is 54.9 Å². The number of hydrogen-bond acceptors (Lipinski definition) is 3. The maximum absolute atomic E-state index is 5.83. The molecule has 1 unspecified atom stereocenters. The number of guanidine groups is 1. The predicted molar refractivity (Wildman–Crippen MR) is 128 cm³/mol. The number of ether oxygens (including phenoxy) is 2. The van der Waals surface area contributed by atoms with Crippen LogP contribution < -0.4 is 10.6 Å². The van der Waals surface area contributed by atoms with E-state index in [4.69, 9.17) is 14.5 Å². The van der Waals surface area contributed by atoms with Gasteiger partial charge in [0.2, 0.25) is 0 Å². The van der Waals surface area contributed by atoms with Gasteiger partial charge in [0.25, 0.3) is 0 Å². The van der Waals surface area contributed by atoms with E-state index in [1.807, 2.05) is 0 Å². The summed E-state index contributed by atoms with van der Waals surface area (Å²) in [5.74, 6) is 2.04. The van der Waals surface area contributed by atoms with E-state index in [0.29, 0.717) is 11.8 Å². The Balaban J connectivity index is 0.00000392. The average Bonchev–Trinajstić information content (AvgIpc) is 2.72. The summed E-state index contributed by atoms with van der Waals surface area (Å²) < 4.78 is 11.2. The van der Waals surface area contributed by atoms with Gasteiger partial charge in [0.1, 0.15) is 0 Å². The molecule has 1 saturated heterocycles. The number of rotatable bonds is 11. The molecular formula is C22H38IN3O2. The molecule has 2 rings (SSSR count). The van der Waals surface area contributed by atoms with Crippen LogP contribution in [0.5, 0.6) is 0 Å². The van der Waals surface area contributed by atoms with Crippen molar-refractivity contribution in [3.05, 3.63) is 35.9 Å². The van der Waals surface area contributed by atoms with Crippen molar-refractivity contribution in [3.63, 3.8) is 0 Å². The van der Waals surface area contributed by atoms with E-state index in [1.165, 1.54) is 5.56 Å². The largest absolute Gasteiger partial charge is 0.381 e. The fourth-order valence-electron chi connectivity index (χ4n) is 3.28. The fourth-order valence-corrected chi connectivity index (χ4v) is 3.28. The summed E-state index contributed by atoms with van der Waals surface area (Å²) in [5.41, 5.74) is 1.36. The van der Waals surface area contributed by atoms with E-state index in [-0.39, 0.29) is 24.0 Å². The first-order valence-corrected chi connectivity index (χ1v) is 10.6. The van der Waals surface area contributed by atoms with Crippen LogP contribution in [0.25, 0.3) is 0 Å². The molecule has 1 atom stereocenters. The molecule has 0 amide bonds. The second-order valence-corrected chi connectivity index (χ2v) is 7.15. The number of nitrogens with one attached hydrogen (secondary N) is 2. The van der Waals surface area contributed by atoms with E-state index in [1.54, 1.807) is 0 Å². The Kier molecular flexibility index (Phi) is 14.4. The second-order valence-electron chi connectivity index (χ2n) is 7.15. The molecule has 0 spiro atoms. The predicted octanol–water partition coefficient (Wildman–Crippen LogP) is 4.19. The summed E-state index contributed by atoms with van der Waals surface area (Å²) in [6, 6.07) is 10.7. The zero-order valence-electron chi connectivity index (χ0n) is 17.5. The van der Waals surface area contributed by atoms with Crippen LogP contribution in [0, 0.1) is 5.92 Å². The summed E-state index contributed by atoms with van der Waals surface area (Å²) >= 11 is 0. The lowest BCUT2D eigenvalue weighted by Gasteiger charge is -2.21. The number of aliphatic imine (C=N–C) groups is 1. The molecule has 0 aromatic heterocycles. The van der Waals surface area contributed by atoms with Gasteiger partial charge in [-0.15, -0.1) is 24.0 Å². The maximum Gasteiger partial charge on any atom is 0.191 e. The standard InChI is InChI=1S/C22H37N3O2.HI/c1-3-20(21-9-6-5-7-10-21)17-25-22(23-4-2)24-13-8-14-27-18-19-11-15-26-16-12-19;/h5-7,9-10,19-20H,3-4,8,11-18H2,1-2H3,(H2,23,24,25);1H. The summed E-state index contributed by atoms with van der Waals surface area (Å²) in [4.78, 5) is 4.79. The molecule has 6 heteroatoms. The minimum Gasteiger partial charge on any atom is -0.381 e. The van der Waals surface area contributed by atoms with Gasteiger partial charge >= 0.3 is 0 Å². The molecule has 1 heterocycles. The van der Waals surface area contributed by atoms with Crippen molar-refractivity contribution in [2.45, 2.75) is 45.4 Å². The SMILES string of the molecule is CCNC(=NCC(CC)c1ccccc1)NCCCOCC1CCOCC1.I. The van der Waals surface area contributed by atoms with Gasteiger partial charge in [-0.2, -0.15) is 0 Å². The summed E-state index contributed by atoms with van der Waals surface area (Å²) in [5, 5.41) is 6.77. The summed E-state index contributed by atoms with van der Waals surface area (Å²) in [6.45, 7) is 10.3. The normalized spacial score (nSPS) is 16.3. The van der Waals surface area contributed by atoms with E-state index in [2.05, 4.69) is 54.8 Å². The molecule has 1 fully saturated rings. The van der Waals surface area contributed by atoms with Crippen molar-refractivity contribution < 1.29 is 9.47 Å². The van der Waals surface area contributed by atoms with E-state index in [9.17, 15) is 0 Å². The molecule has 2 N–H and O–H groups in total. The Bertz CT molecular complexity index is 522. The lowest BCUT2D eigenvalue weighted by atomic mass is 9.97.